The van der Waals surface area contributed by atoms with E-state index in [1.165, 1.54) is 18.4 Å². The smallest absolute Gasteiger partial charge is 0.227 e. The van der Waals surface area contributed by atoms with Crippen molar-refractivity contribution in [2.75, 3.05) is 19.1 Å². The number of anilines is 1. The van der Waals surface area contributed by atoms with Crippen molar-refractivity contribution in [1.82, 2.24) is 25.0 Å². The van der Waals surface area contributed by atoms with Gasteiger partial charge in [0.1, 0.15) is 5.75 Å². The van der Waals surface area contributed by atoms with Crippen LogP contribution < -0.4 is 9.64 Å². The average molecular weight is 338 g/mol. The number of ether oxygens (including phenoxy) is 1. The quantitative estimate of drug-likeness (QED) is 0.717. The summed E-state index contributed by atoms with van der Waals surface area (Å²) < 4.78 is 7.44. The molecule has 2 aromatic heterocycles. The van der Waals surface area contributed by atoms with Gasteiger partial charge in [-0.05, 0) is 36.5 Å². The lowest BCUT2D eigenvalue weighted by molar-refractivity contribution is 0.414. The molecule has 7 heteroatoms. The minimum absolute atomic E-state index is 0.731. The van der Waals surface area contributed by atoms with Gasteiger partial charge in [-0.2, -0.15) is 5.10 Å². The number of aromatic amines is 1. The third-order valence-corrected chi connectivity index (χ3v) is 4.55. The number of methoxy groups -OCH3 is 1. The molecule has 0 saturated heterocycles. The van der Waals surface area contributed by atoms with E-state index >= 15 is 0 Å². The third kappa shape index (κ3) is 3.35. The number of H-pyrrole nitrogens is 1. The minimum atomic E-state index is 0.731. The number of hydrogen-bond acceptors (Lipinski definition) is 5. The van der Waals surface area contributed by atoms with Crippen molar-refractivity contribution in [3.05, 3.63) is 42.2 Å². The Balaban J connectivity index is 1.59. The van der Waals surface area contributed by atoms with Crippen LogP contribution in [0.1, 0.15) is 18.4 Å². The molecule has 1 aromatic carbocycles. The maximum Gasteiger partial charge on any atom is 0.227 e. The third-order valence-electron chi connectivity index (χ3n) is 4.55. The van der Waals surface area contributed by atoms with E-state index in [-0.39, 0.29) is 0 Å². The van der Waals surface area contributed by atoms with E-state index in [0.717, 1.165) is 42.1 Å². The second kappa shape index (κ2) is 6.58. The SMILES string of the molecule is COc1ccc(CN(C)c2nnc(-c3cn[nH]c3)n2CC2CC2)cc1. The van der Waals surface area contributed by atoms with Crippen molar-refractivity contribution >= 4 is 5.95 Å². The molecule has 1 N–H and O–H groups in total. The Morgan fingerprint density at radius 3 is 2.68 bits per heavy atom. The average Bonchev–Trinajstić information content (AvgIpc) is 3.10. The van der Waals surface area contributed by atoms with Gasteiger partial charge in [0.2, 0.25) is 5.95 Å². The van der Waals surface area contributed by atoms with Crippen LogP contribution in [0.25, 0.3) is 11.4 Å². The van der Waals surface area contributed by atoms with Gasteiger partial charge in [-0.25, -0.2) is 0 Å². The maximum absolute atomic E-state index is 5.22. The highest BCUT2D eigenvalue weighted by atomic mass is 16.5. The fourth-order valence-corrected chi connectivity index (χ4v) is 2.97. The maximum atomic E-state index is 5.22. The molecular weight excluding hydrogens is 316 g/mol. The van der Waals surface area contributed by atoms with E-state index in [9.17, 15) is 0 Å². The highest BCUT2D eigenvalue weighted by Crippen LogP contribution is 2.34. The summed E-state index contributed by atoms with van der Waals surface area (Å²) in [7, 11) is 3.73. The number of rotatable bonds is 7. The normalized spacial score (nSPS) is 13.8. The van der Waals surface area contributed by atoms with Crippen molar-refractivity contribution in [3.8, 4) is 17.1 Å². The monoisotopic (exact) mass is 338 g/mol. The van der Waals surface area contributed by atoms with Gasteiger partial charge in [0.05, 0.1) is 18.9 Å². The molecule has 25 heavy (non-hydrogen) atoms. The van der Waals surface area contributed by atoms with Gasteiger partial charge in [-0.15, -0.1) is 10.2 Å². The van der Waals surface area contributed by atoms with Crippen LogP contribution >= 0.6 is 0 Å². The first kappa shape index (κ1) is 15.7. The molecule has 0 radical (unpaired) electrons. The Labute approximate surface area is 146 Å². The summed E-state index contributed by atoms with van der Waals surface area (Å²) in [6.45, 7) is 1.72. The molecule has 1 fully saturated rings. The zero-order valence-electron chi connectivity index (χ0n) is 14.5. The molecule has 2 heterocycles. The zero-order valence-corrected chi connectivity index (χ0v) is 14.5. The van der Waals surface area contributed by atoms with Crippen LogP contribution in [0.2, 0.25) is 0 Å². The molecule has 4 rings (SSSR count). The molecule has 0 spiro atoms. The van der Waals surface area contributed by atoms with Crippen LogP contribution in [0.15, 0.2) is 36.7 Å². The van der Waals surface area contributed by atoms with E-state index in [1.54, 1.807) is 13.3 Å². The Hall–Kier alpha value is -2.83. The molecule has 0 aliphatic heterocycles. The fourth-order valence-electron chi connectivity index (χ4n) is 2.97. The first-order valence-electron chi connectivity index (χ1n) is 8.51. The van der Waals surface area contributed by atoms with Crippen molar-refractivity contribution in [2.45, 2.75) is 25.9 Å². The predicted molar refractivity (Wildman–Crippen MR) is 95.4 cm³/mol. The van der Waals surface area contributed by atoms with Crippen LogP contribution in [-0.2, 0) is 13.1 Å². The summed E-state index contributed by atoms with van der Waals surface area (Å²) in [5, 5.41) is 15.8. The topological polar surface area (TPSA) is 71.9 Å². The van der Waals surface area contributed by atoms with Gasteiger partial charge in [0, 0.05) is 26.3 Å². The second-order valence-corrected chi connectivity index (χ2v) is 6.57. The summed E-state index contributed by atoms with van der Waals surface area (Å²) in [5.41, 5.74) is 2.17. The molecule has 0 atom stereocenters. The van der Waals surface area contributed by atoms with Gasteiger partial charge in [0.15, 0.2) is 5.82 Å². The highest BCUT2D eigenvalue weighted by Gasteiger charge is 2.26. The lowest BCUT2D eigenvalue weighted by Crippen LogP contribution is -2.21. The summed E-state index contributed by atoms with van der Waals surface area (Å²) >= 11 is 0. The molecule has 130 valence electrons. The molecule has 1 aliphatic rings. The number of nitrogens with one attached hydrogen (secondary N) is 1. The number of benzene rings is 1. The van der Waals surface area contributed by atoms with Crippen LogP contribution in [0.4, 0.5) is 5.95 Å². The van der Waals surface area contributed by atoms with Crippen LogP contribution in [0, 0.1) is 5.92 Å². The van der Waals surface area contributed by atoms with Crippen LogP contribution in [-0.4, -0.2) is 39.1 Å². The molecule has 7 nitrogen and oxygen atoms in total. The Morgan fingerprint density at radius 1 is 1.24 bits per heavy atom. The number of aromatic nitrogens is 5. The largest absolute Gasteiger partial charge is 0.497 e. The van der Waals surface area contributed by atoms with E-state index in [1.807, 2.05) is 18.3 Å². The first-order chi connectivity index (χ1) is 12.2. The summed E-state index contributed by atoms with van der Waals surface area (Å²) in [6.07, 6.45) is 6.22. The van der Waals surface area contributed by atoms with Gasteiger partial charge in [-0.3, -0.25) is 9.67 Å². The lowest BCUT2D eigenvalue weighted by atomic mass is 10.2. The Bertz CT molecular complexity index is 820. The van der Waals surface area contributed by atoms with Gasteiger partial charge in [-0.1, -0.05) is 12.1 Å². The molecule has 1 aliphatic carbocycles. The first-order valence-corrected chi connectivity index (χ1v) is 8.51. The molecule has 0 unspecified atom stereocenters. The minimum Gasteiger partial charge on any atom is -0.497 e. The van der Waals surface area contributed by atoms with Crippen LogP contribution in [0.3, 0.4) is 0 Å². The number of hydrogen-bond donors (Lipinski definition) is 1. The van der Waals surface area contributed by atoms with Gasteiger partial charge >= 0.3 is 0 Å². The molecule has 1 saturated carbocycles. The molecule has 0 bridgehead atoms. The van der Waals surface area contributed by atoms with E-state index in [2.05, 4.69) is 49.0 Å². The van der Waals surface area contributed by atoms with Gasteiger partial charge < -0.3 is 9.64 Å². The van der Waals surface area contributed by atoms with Crippen molar-refractivity contribution in [2.24, 2.45) is 5.92 Å². The van der Waals surface area contributed by atoms with Crippen LogP contribution in [0.5, 0.6) is 5.75 Å². The zero-order chi connectivity index (χ0) is 17.2. The molecule has 3 aromatic rings. The molecular formula is C18H22N6O. The summed E-state index contributed by atoms with van der Waals surface area (Å²) in [6, 6.07) is 8.12. The standard InChI is InChI=1S/C18H22N6O/c1-23(11-13-5-7-16(25-2)8-6-13)18-22-21-17(15-9-19-20-10-15)24(18)12-14-3-4-14/h5-10,14H,3-4,11-12H2,1-2H3,(H,19,20). The summed E-state index contributed by atoms with van der Waals surface area (Å²) in [5.74, 6) is 3.36. The van der Waals surface area contributed by atoms with Crippen molar-refractivity contribution < 1.29 is 4.74 Å². The van der Waals surface area contributed by atoms with Crippen molar-refractivity contribution in [1.29, 1.82) is 0 Å². The highest BCUT2D eigenvalue weighted by molar-refractivity contribution is 5.55. The van der Waals surface area contributed by atoms with E-state index < -0.39 is 0 Å². The van der Waals surface area contributed by atoms with E-state index in [4.69, 9.17) is 4.74 Å². The fraction of sp³-hybridized carbons (Fsp3) is 0.389. The lowest BCUT2D eigenvalue weighted by Gasteiger charge is -2.20. The number of nitrogens with zero attached hydrogens (tertiary/aromatic N) is 5. The Morgan fingerprint density at radius 2 is 2.04 bits per heavy atom. The van der Waals surface area contributed by atoms with Crippen molar-refractivity contribution in [3.63, 3.8) is 0 Å². The Kier molecular flexibility index (Phi) is 4.13. The van der Waals surface area contributed by atoms with E-state index in [0.29, 0.717) is 0 Å². The summed E-state index contributed by atoms with van der Waals surface area (Å²) in [4.78, 5) is 2.14. The molecule has 0 amide bonds. The predicted octanol–water partition coefficient (Wildman–Crippen LogP) is 2.72. The van der Waals surface area contributed by atoms with Gasteiger partial charge in [0.25, 0.3) is 0 Å². The second-order valence-electron chi connectivity index (χ2n) is 6.57.